The van der Waals surface area contributed by atoms with Gasteiger partial charge in [-0.2, -0.15) is 0 Å². The second-order valence-corrected chi connectivity index (χ2v) is 4.07. The average Bonchev–Trinajstić information content (AvgIpc) is 2.17. The van der Waals surface area contributed by atoms with E-state index in [9.17, 15) is 10.1 Å². The number of nitrogens with zero attached hydrogens (tertiary/aromatic N) is 2. The Balaban J connectivity index is 2.92. The smallest absolute Gasteiger partial charge is 0.311 e. The first kappa shape index (κ1) is 12.4. The molecular weight excluding hydrogens is 210 g/mol. The minimum atomic E-state index is -0.460. The molecule has 88 valence electrons. The Morgan fingerprint density at radius 3 is 2.88 bits per heavy atom. The summed E-state index contributed by atoms with van der Waals surface area (Å²) >= 11 is 0. The molecule has 1 aromatic rings. The summed E-state index contributed by atoms with van der Waals surface area (Å²) in [6, 6.07) is 2.95. The number of ether oxygens (including phenoxy) is 1. The van der Waals surface area contributed by atoms with Crippen LogP contribution >= 0.6 is 0 Å². The highest BCUT2D eigenvalue weighted by Gasteiger charge is 2.23. The quantitative estimate of drug-likeness (QED) is 0.611. The van der Waals surface area contributed by atoms with Crippen LogP contribution in [0.25, 0.3) is 0 Å². The minimum Gasteiger partial charge on any atom is -0.382 e. The van der Waals surface area contributed by atoms with Crippen molar-refractivity contribution in [2.75, 3.05) is 19.0 Å². The van der Waals surface area contributed by atoms with Crippen LogP contribution in [0, 0.1) is 10.1 Å². The van der Waals surface area contributed by atoms with Gasteiger partial charge in [0.2, 0.25) is 5.82 Å². The molecule has 16 heavy (non-hydrogen) atoms. The molecule has 0 fully saturated rings. The summed E-state index contributed by atoms with van der Waals surface area (Å²) in [5.74, 6) is 0.259. The molecule has 0 atom stereocenters. The summed E-state index contributed by atoms with van der Waals surface area (Å²) in [5, 5.41) is 13.8. The van der Waals surface area contributed by atoms with Crippen molar-refractivity contribution in [1.29, 1.82) is 0 Å². The lowest BCUT2D eigenvalue weighted by molar-refractivity contribution is -0.384. The normalized spacial score (nSPS) is 11.2. The van der Waals surface area contributed by atoms with Crippen LogP contribution < -0.4 is 5.32 Å². The maximum absolute atomic E-state index is 10.8. The van der Waals surface area contributed by atoms with Crippen molar-refractivity contribution >= 4 is 11.5 Å². The van der Waals surface area contributed by atoms with Crippen molar-refractivity contribution in [2.45, 2.75) is 19.4 Å². The van der Waals surface area contributed by atoms with Crippen molar-refractivity contribution in [3.63, 3.8) is 0 Å². The zero-order valence-electron chi connectivity index (χ0n) is 9.56. The molecule has 0 radical (unpaired) electrons. The highest BCUT2D eigenvalue weighted by molar-refractivity contribution is 5.56. The van der Waals surface area contributed by atoms with Gasteiger partial charge in [-0.3, -0.25) is 10.1 Å². The van der Waals surface area contributed by atoms with Crippen LogP contribution in [0.2, 0.25) is 0 Å². The molecule has 0 bridgehead atoms. The van der Waals surface area contributed by atoms with Crippen LogP contribution in [-0.2, 0) is 4.74 Å². The van der Waals surface area contributed by atoms with Crippen molar-refractivity contribution in [3.8, 4) is 0 Å². The standard InChI is InChI=1S/C10H15N3O3/c1-10(2,7-16-3)12-9-8(13(14)15)5-4-6-11-9/h4-6H,7H2,1-3H3,(H,11,12). The average molecular weight is 225 g/mol. The van der Waals surface area contributed by atoms with Crippen LogP contribution in [-0.4, -0.2) is 29.2 Å². The zero-order chi connectivity index (χ0) is 12.2. The Labute approximate surface area is 93.8 Å². The second kappa shape index (κ2) is 4.89. The van der Waals surface area contributed by atoms with Crippen molar-refractivity contribution in [3.05, 3.63) is 28.4 Å². The van der Waals surface area contributed by atoms with Gasteiger partial charge in [0.05, 0.1) is 17.1 Å². The molecule has 1 N–H and O–H groups in total. The Morgan fingerprint density at radius 2 is 2.31 bits per heavy atom. The summed E-state index contributed by atoms with van der Waals surface area (Å²) in [4.78, 5) is 14.3. The van der Waals surface area contributed by atoms with Gasteiger partial charge in [0.25, 0.3) is 0 Å². The maximum Gasteiger partial charge on any atom is 0.311 e. The van der Waals surface area contributed by atoms with E-state index in [0.717, 1.165) is 0 Å². The van der Waals surface area contributed by atoms with Crippen molar-refractivity contribution < 1.29 is 9.66 Å². The lowest BCUT2D eigenvalue weighted by atomic mass is 10.1. The molecule has 6 heteroatoms. The van der Waals surface area contributed by atoms with Crippen LogP contribution in [0.1, 0.15) is 13.8 Å². The van der Waals surface area contributed by atoms with Crippen LogP contribution in [0.3, 0.4) is 0 Å². The van der Waals surface area contributed by atoms with E-state index in [1.807, 2.05) is 13.8 Å². The number of aromatic nitrogens is 1. The molecule has 1 heterocycles. The Bertz CT molecular complexity index is 379. The summed E-state index contributed by atoms with van der Waals surface area (Å²) in [5.41, 5.74) is -0.444. The summed E-state index contributed by atoms with van der Waals surface area (Å²) in [6.07, 6.45) is 1.51. The highest BCUT2D eigenvalue weighted by Crippen LogP contribution is 2.23. The van der Waals surface area contributed by atoms with E-state index in [1.165, 1.54) is 18.3 Å². The van der Waals surface area contributed by atoms with Gasteiger partial charge in [-0.15, -0.1) is 0 Å². The Morgan fingerprint density at radius 1 is 1.62 bits per heavy atom. The van der Waals surface area contributed by atoms with Crippen LogP contribution in [0.4, 0.5) is 11.5 Å². The molecular formula is C10H15N3O3. The predicted octanol–water partition coefficient (Wildman–Crippen LogP) is 1.83. The van der Waals surface area contributed by atoms with E-state index in [4.69, 9.17) is 4.74 Å². The fourth-order valence-corrected chi connectivity index (χ4v) is 1.36. The summed E-state index contributed by atoms with van der Waals surface area (Å²) in [6.45, 7) is 4.20. The van der Waals surface area contributed by atoms with Gasteiger partial charge in [-0.25, -0.2) is 4.98 Å². The molecule has 0 aromatic carbocycles. The Kier molecular flexibility index (Phi) is 3.78. The number of nitrogens with one attached hydrogen (secondary N) is 1. The van der Waals surface area contributed by atoms with E-state index in [1.54, 1.807) is 7.11 Å². The van der Waals surface area contributed by atoms with Gasteiger partial charge in [0.15, 0.2) is 0 Å². The van der Waals surface area contributed by atoms with Crippen LogP contribution in [0.5, 0.6) is 0 Å². The van der Waals surface area contributed by atoms with E-state index in [-0.39, 0.29) is 11.5 Å². The molecule has 1 aromatic heterocycles. The Hall–Kier alpha value is -1.69. The molecule has 0 aliphatic rings. The number of anilines is 1. The first-order valence-electron chi connectivity index (χ1n) is 4.83. The lowest BCUT2D eigenvalue weighted by Crippen LogP contribution is -2.36. The number of pyridine rings is 1. The van der Waals surface area contributed by atoms with E-state index in [0.29, 0.717) is 6.61 Å². The zero-order valence-corrected chi connectivity index (χ0v) is 9.56. The fraction of sp³-hybridized carbons (Fsp3) is 0.500. The third kappa shape index (κ3) is 3.16. The molecule has 6 nitrogen and oxygen atoms in total. The third-order valence-electron chi connectivity index (χ3n) is 1.95. The van der Waals surface area contributed by atoms with E-state index < -0.39 is 10.5 Å². The van der Waals surface area contributed by atoms with Gasteiger partial charge >= 0.3 is 5.69 Å². The minimum absolute atomic E-state index is 0.0355. The van der Waals surface area contributed by atoms with E-state index >= 15 is 0 Å². The first-order valence-corrected chi connectivity index (χ1v) is 4.83. The molecule has 0 saturated carbocycles. The van der Waals surface area contributed by atoms with Gasteiger partial charge in [0.1, 0.15) is 0 Å². The van der Waals surface area contributed by atoms with Crippen molar-refractivity contribution in [2.24, 2.45) is 0 Å². The van der Waals surface area contributed by atoms with Gasteiger partial charge in [-0.05, 0) is 19.9 Å². The highest BCUT2D eigenvalue weighted by atomic mass is 16.6. The summed E-state index contributed by atoms with van der Waals surface area (Å²) < 4.78 is 5.02. The molecule has 0 aliphatic carbocycles. The molecule has 0 spiro atoms. The topological polar surface area (TPSA) is 77.3 Å². The molecule has 0 aliphatic heterocycles. The largest absolute Gasteiger partial charge is 0.382 e. The lowest BCUT2D eigenvalue weighted by Gasteiger charge is -2.25. The molecule has 1 rings (SSSR count). The molecule has 0 unspecified atom stereocenters. The van der Waals surface area contributed by atoms with Crippen LogP contribution in [0.15, 0.2) is 18.3 Å². The van der Waals surface area contributed by atoms with Gasteiger partial charge in [-0.1, -0.05) is 0 Å². The number of hydrogen-bond acceptors (Lipinski definition) is 5. The second-order valence-electron chi connectivity index (χ2n) is 4.07. The first-order chi connectivity index (χ1) is 7.46. The SMILES string of the molecule is COCC(C)(C)Nc1ncccc1[N+](=O)[O-]. The third-order valence-corrected chi connectivity index (χ3v) is 1.95. The van der Waals surface area contributed by atoms with Gasteiger partial charge < -0.3 is 10.1 Å². The number of nitro groups is 1. The number of rotatable bonds is 5. The fourth-order valence-electron chi connectivity index (χ4n) is 1.36. The number of methoxy groups -OCH3 is 1. The molecule has 0 saturated heterocycles. The van der Waals surface area contributed by atoms with Gasteiger partial charge in [0, 0.05) is 19.4 Å². The summed E-state index contributed by atoms with van der Waals surface area (Å²) in [7, 11) is 1.58. The maximum atomic E-state index is 10.8. The van der Waals surface area contributed by atoms with Crippen molar-refractivity contribution in [1.82, 2.24) is 4.98 Å². The number of hydrogen-bond donors (Lipinski definition) is 1. The van der Waals surface area contributed by atoms with E-state index in [2.05, 4.69) is 10.3 Å². The predicted molar refractivity (Wildman–Crippen MR) is 60.5 cm³/mol. The monoisotopic (exact) mass is 225 g/mol. The molecule has 0 amide bonds.